The SMILES string of the molecule is CNCC1CN(c2ccc(Cl)cc2)CC(=O)N1C. The van der Waals surface area contributed by atoms with E-state index in [0.29, 0.717) is 11.6 Å². The van der Waals surface area contributed by atoms with Crippen LogP contribution in [0.2, 0.25) is 5.02 Å². The molecule has 1 amide bonds. The van der Waals surface area contributed by atoms with Crippen LogP contribution < -0.4 is 10.2 Å². The minimum atomic E-state index is 0.149. The van der Waals surface area contributed by atoms with Crippen LogP contribution in [0.5, 0.6) is 0 Å². The van der Waals surface area contributed by atoms with Crippen LogP contribution in [0.1, 0.15) is 0 Å². The van der Waals surface area contributed by atoms with Crippen molar-refractivity contribution in [3.8, 4) is 0 Å². The van der Waals surface area contributed by atoms with Crippen molar-refractivity contribution in [2.45, 2.75) is 6.04 Å². The molecular weight excluding hydrogens is 250 g/mol. The largest absolute Gasteiger partial charge is 0.360 e. The molecule has 2 rings (SSSR count). The molecule has 1 aliphatic heterocycles. The van der Waals surface area contributed by atoms with Gasteiger partial charge in [0.05, 0.1) is 12.6 Å². The Hall–Kier alpha value is -1.26. The molecule has 0 aliphatic carbocycles. The molecule has 1 aromatic carbocycles. The summed E-state index contributed by atoms with van der Waals surface area (Å²) >= 11 is 5.88. The lowest BCUT2D eigenvalue weighted by Gasteiger charge is -2.40. The fraction of sp³-hybridized carbons (Fsp3) is 0.462. The van der Waals surface area contributed by atoms with E-state index in [1.807, 2.05) is 43.3 Å². The number of carbonyl (C=O) groups is 1. The molecule has 0 aromatic heterocycles. The number of benzene rings is 1. The third-order valence-corrected chi connectivity index (χ3v) is 3.58. The lowest BCUT2D eigenvalue weighted by molar-refractivity contribution is -0.131. The van der Waals surface area contributed by atoms with Gasteiger partial charge in [0, 0.05) is 30.8 Å². The highest BCUT2D eigenvalue weighted by molar-refractivity contribution is 6.30. The molecule has 0 bridgehead atoms. The summed E-state index contributed by atoms with van der Waals surface area (Å²) in [5.41, 5.74) is 1.04. The van der Waals surface area contributed by atoms with Gasteiger partial charge in [-0.1, -0.05) is 11.6 Å². The Balaban J connectivity index is 2.14. The number of nitrogens with zero attached hydrogens (tertiary/aromatic N) is 2. The number of nitrogens with one attached hydrogen (secondary N) is 1. The van der Waals surface area contributed by atoms with Crippen LogP contribution in [0.4, 0.5) is 5.69 Å². The molecule has 1 atom stereocenters. The van der Waals surface area contributed by atoms with Gasteiger partial charge in [-0.25, -0.2) is 0 Å². The summed E-state index contributed by atoms with van der Waals surface area (Å²) in [6.45, 7) is 2.06. The number of amides is 1. The first-order valence-corrected chi connectivity index (χ1v) is 6.40. The normalized spacial score (nSPS) is 20.4. The molecule has 5 heteroatoms. The van der Waals surface area contributed by atoms with E-state index in [1.165, 1.54) is 0 Å². The molecule has 4 nitrogen and oxygen atoms in total. The summed E-state index contributed by atoms with van der Waals surface area (Å²) in [6, 6.07) is 7.82. The summed E-state index contributed by atoms with van der Waals surface area (Å²) in [6.07, 6.45) is 0. The molecule has 0 spiro atoms. The quantitative estimate of drug-likeness (QED) is 0.894. The van der Waals surface area contributed by atoms with E-state index < -0.39 is 0 Å². The Morgan fingerprint density at radius 1 is 1.39 bits per heavy atom. The highest BCUT2D eigenvalue weighted by Gasteiger charge is 2.29. The van der Waals surface area contributed by atoms with Gasteiger partial charge in [0.2, 0.25) is 5.91 Å². The molecule has 18 heavy (non-hydrogen) atoms. The van der Waals surface area contributed by atoms with Gasteiger partial charge in [0.1, 0.15) is 0 Å². The number of anilines is 1. The molecule has 1 N–H and O–H groups in total. The second-order valence-electron chi connectivity index (χ2n) is 4.57. The van der Waals surface area contributed by atoms with Gasteiger partial charge < -0.3 is 15.1 Å². The van der Waals surface area contributed by atoms with Crippen LogP contribution in [0, 0.1) is 0 Å². The van der Waals surface area contributed by atoms with E-state index in [2.05, 4.69) is 10.2 Å². The van der Waals surface area contributed by atoms with E-state index in [9.17, 15) is 4.79 Å². The van der Waals surface area contributed by atoms with Gasteiger partial charge in [-0.05, 0) is 31.3 Å². The number of rotatable bonds is 3. The van der Waals surface area contributed by atoms with Crippen molar-refractivity contribution in [1.29, 1.82) is 0 Å². The second-order valence-corrected chi connectivity index (χ2v) is 5.01. The Bertz CT molecular complexity index is 421. The summed E-state index contributed by atoms with van der Waals surface area (Å²) in [5.74, 6) is 0.149. The van der Waals surface area contributed by atoms with Gasteiger partial charge in [-0.3, -0.25) is 4.79 Å². The third-order valence-electron chi connectivity index (χ3n) is 3.33. The maximum atomic E-state index is 12.0. The third kappa shape index (κ3) is 2.76. The average Bonchev–Trinajstić information content (AvgIpc) is 2.36. The predicted octanol–water partition coefficient (Wildman–Crippen LogP) is 1.21. The molecule has 1 saturated heterocycles. The van der Waals surface area contributed by atoms with E-state index in [-0.39, 0.29) is 11.9 Å². The zero-order chi connectivity index (χ0) is 13.1. The van der Waals surface area contributed by atoms with Gasteiger partial charge in [0.15, 0.2) is 0 Å². The van der Waals surface area contributed by atoms with Crippen molar-refractivity contribution in [1.82, 2.24) is 10.2 Å². The fourth-order valence-corrected chi connectivity index (χ4v) is 2.33. The molecule has 0 saturated carbocycles. The Morgan fingerprint density at radius 3 is 2.67 bits per heavy atom. The number of halogens is 1. The zero-order valence-electron chi connectivity index (χ0n) is 10.7. The first-order valence-electron chi connectivity index (χ1n) is 6.02. The van der Waals surface area contributed by atoms with Crippen molar-refractivity contribution in [3.63, 3.8) is 0 Å². The maximum Gasteiger partial charge on any atom is 0.242 e. The van der Waals surface area contributed by atoms with Crippen LogP contribution >= 0.6 is 11.6 Å². The summed E-state index contributed by atoms with van der Waals surface area (Å²) in [4.78, 5) is 15.9. The van der Waals surface area contributed by atoms with Crippen molar-refractivity contribution < 1.29 is 4.79 Å². The van der Waals surface area contributed by atoms with E-state index in [1.54, 1.807) is 0 Å². The number of likely N-dealkylation sites (N-methyl/N-ethyl adjacent to an activating group) is 2. The molecule has 1 aliphatic rings. The van der Waals surface area contributed by atoms with Crippen molar-refractivity contribution in [2.75, 3.05) is 38.6 Å². The monoisotopic (exact) mass is 267 g/mol. The van der Waals surface area contributed by atoms with Gasteiger partial charge in [0.25, 0.3) is 0 Å². The molecule has 1 heterocycles. The smallest absolute Gasteiger partial charge is 0.242 e. The van der Waals surface area contributed by atoms with Crippen LogP contribution in [0.15, 0.2) is 24.3 Å². The summed E-state index contributed by atoms with van der Waals surface area (Å²) in [5, 5.41) is 3.84. The van der Waals surface area contributed by atoms with Crippen LogP contribution in [-0.4, -0.2) is 50.6 Å². The Labute approximate surface area is 113 Å². The van der Waals surface area contributed by atoms with Gasteiger partial charge in [-0.2, -0.15) is 0 Å². The van der Waals surface area contributed by atoms with E-state index >= 15 is 0 Å². The number of hydrogen-bond donors (Lipinski definition) is 1. The lowest BCUT2D eigenvalue weighted by atomic mass is 10.1. The molecule has 1 fully saturated rings. The second kappa shape index (κ2) is 5.59. The van der Waals surface area contributed by atoms with E-state index in [0.717, 1.165) is 18.8 Å². The molecule has 1 aromatic rings. The Morgan fingerprint density at radius 2 is 2.06 bits per heavy atom. The first-order chi connectivity index (χ1) is 8.61. The average molecular weight is 268 g/mol. The topological polar surface area (TPSA) is 35.6 Å². The van der Waals surface area contributed by atoms with Crippen molar-refractivity contribution >= 4 is 23.2 Å². The van der Waals surface area contributed by atoms with Crippen LogP contribution in [0.3, 0.4) is 0 Å². The van der Waals surface area contributed by atoms with Crippen molar-refractivity contribution in [3.05, 3.63) is 29.3 Å². The highest BCUT2D eigenvalue weighted by atomic mass is 35.5. The lowest BCUT2D eigenvalue weighted by Crippen LogP contribution is -2.57. The van der Waals surface area contributed by atoms with E-state index in [4.69, 9.17) is 11.6 Å². The highest BCUT2D eigenvalue weighted by Crippen LogP contribution is 2.21. The minimum Gasteiger partial charge on any atom is -0.360 e. The summed E-state index contributed by atoms with van der Waals surface area (Å²) in [7, 11) is 3.77. The zero-order valence-corrected chi connectivity index (χ0v) is 11.4. The minimum absolute atomic E-state index is 0.149. The van der Waals surface area contributed by atoms with Crippen LogP contribution in [0.25, 0.3) is 0 Å². The number of piperazine rings is 1. The summed E-state index contributed by atoms with van der Waals surface area (Å²) < 4.78 is 0. The van der Waals surface area contributed by atoms with Crippen molar-refractivity contribution in [2.24, 2.45) is 0 Å². The molecule has 0 radical (unpaired) electrons. The Kier molecular flexibility index (Phi) is 4.09. The number of carbonyl (C=O) groups excluding carboxylic acids is 1. The standard InChI is InChI=1S/C13H18ClN3O/c1-15-7-12-8-17(9-13(18)16(12)2)11-5-3-10(14)4-6-11/h3-6,12,15H,7-9H2,1-2H3. The molecule has 98 valence electrons. The first kappa shape index (κ1) is 13.2. The fourth-order valence-electron chi connectivity index (χ4n) is 2.21. The predicted molar refractivity (Wildman–Crippen MR) is 74.1 cm³/mol. The van der Waals surface area contributed by atoms with Gasteiger partial charge >= 0.3 is 0 Å². The molecule has 1 unspecified atom stereocenters. The number of hydrogen-bond acceptors (Lipinski definition) is 3. The molecular formula is C13H18ClN3O. The van der Waals surface area contributed by atoms with Crippen LogP contribution in [-0.2, 0) is 4.79 Å². The maximum absolute atomic E-state index is 12.0. The van der Waals surface area contributed by atoms with Gasteiger partial charge in [-0.15, -0.1) is 0 Å².